The van der Waals surface area contributed by atoms with Crippen molar-refractivity contribution in [2.75, 3.05) is 5.32 Å². The Morgan fingerprint density at radius 2 is 2.30 bits per heavy atom. The van der Waals surface area contributed by atoms with Gasteiger partial charge in [-0.1, -0.05) is 6.92 Å². The Labute approximate surface area is 112 Å². The molecule has 0 aliphatic rings. The van der Waals surface area contributed by atoms with Crippen molar-refractivity contribution in [1.82, 2.24) is 15.2 Å². The number of aromatic nitrogens is 3. The van der Waals surface area contributed by atoms with Crippen molar-refractivity contribution in [2.24, 2.45) is 0 Å². The molecule has 20 heavy (non-hydrogen) atoms. The molecule has 2 aromatic rings. The van der Waals surface area contributed by atoms with E-state index in [9.17, 15) is 19.3 Å². The van der Waals surface area contributed by atoms with Crippen molar-refractivity contribution in [3.8, 4) is 0 Å². The van der Waals surface area contributed by atoms with Gasteiger partial charge in [-0.25, -0.2) is 4.39 Å². The quantitative estimate of drug-likeness (QED) is 0.652. The van der Waals surface area contributed by atoms with Crippen LogP contribution in [0.1, 0.15) is 23.1 Å². The molecule has 1 amide bonds. The molecular weight excluding hydrogens is 269 g/mol. The van der Waals surface area contributed by atoms with Gasteiger partial charge in [0.25, 0.3) is 11.6 Å². The van der Waals surface area contributed by atoms with Crippen molar-refractivity contribution in [3.63, 3.8) is 0 Å². The molecule has 0 unspecified atom stereocenters. The van der Waals surface area contributed by atoms with E-state index in [1.807, 2.05) is 6.92 Å². The number of aromatic amines is 1. The van der Waals surface area contributed by atoms with Crippen LogP contribution in [0.25, 0.3) is 0 Å². The average Bonchev–Trinajstić information content (AvgIpc) is 2.86. The summed E-state index contributed by atoms with van der Waals surface area (Å²) in [5.74, 6) is -1.00. The maximum absolute atomic E-state index is 13.0. The molecule has 0 aliphatic carbocycles. The predicted octanol–water partition coefficient (Wildman–Crippen LogP) is 1.67. The molecule has 0 saturated carbocycles. The maximum Gasteiger partial charge on any atom is 0.285 e. The van der Waals surface area contributed by atoms with Crippen molar-refractivity contribution in [2.45, 2.75) is 13.3 Å². The third kappa shape index (κ3) is 2.76. The number of anilines is 1. The van der Waals surface area contributed by atoms with E-state index in [-0.39, 0.29) is 11.5 Å². The Bertz CT molecular complexity index is 670. The summed E-state index contributed by atoms with van der Waals surface area (Å²) in [5, 5.41) is 19.4. The van der Waals surface area contributed by atoms with Crippen molar-refractivity contribution in [3.05, 3.63) is 45.5 Å². The van der Waals surface area contributed by atoms with Crippen molar-refractivity contribution < 1.29 is 14.1 Å². The molecule has 1 aromatic carbocycles. The fourth-order valence-electron chi connectivity index (χ4n) is 1.53. The highest BCUT2D eigenvalue weighted by Gasteiger charge is 2.21. The number of nitrogens with zero attached hydrogens (tertiary/aromatic N) is 3. The van der Waals surface area contributed by atoms with Gasteiger partial charge in [-0.3, -0.25) is 25.3 Å². The first-order chi connectivity index (χ1) is 9.51. The lowest BCUT2D eigenvalue weighted by atomic mass is 10.1. The number of benzene rings is 1. The second-order valence-electron chi connectivity index (χ2n) is 3.83. The molecule has 8 nitrogen and oxygen atoms in total. The number of nitro benzene ring substituents is 1. The highest BCUT2D eigenvalue weighted by Crippen LogP contribution is 2.20. The van der Waals surface area contributed by atoms with E-state index in [4.69, 9.17) is 0 Å². The van der Waals surface area contributed by atoms with E-state index < -0.39 is 22.3 Å². The third-order valence-electron chi connectivity index (χ3n) is 2.49. The summed E-state index contributed by atoms with van der Waals surface area (Å²) < 4.78 is 13.0. The smallest absolute Gasteiger partial charge is 0.285 e. The van der Waals surface area contributed by atoms with Crippen LogP contribution in [-0.4, -0.2) is 26.0 Å². The minimum absolute atomic E-state index is 0.00507. The van der Waals surface area contributed by atoms with Crippen LogP contribution in [0.15, 0.2) is 18.2 Å². The number of carbonyl (C=O) groups is 1. The van der Waals surface area contributed by atoms with Gasteiger partial charge in [-0.05, 0) is 12.1 Å². The molecule has 0 bridgehead atoms. The molecule has 0 radical (unpaired) electrons. The van der Waals surface area contributed by atoms with Crippen LogP contribution < -0.4 is 5.32 Å². The van der Waals surface area contributed by atoms with Crippen LogP contribution in [0.3, 0.4) is 0 Å². The van der Waals surface area contributed by atoms with Gasteiger partial charge in [0.2, 0.25) is 5.95 Å². The highest BCUT2D eigenvalue weighted by atomic mass is 19.1. The van der Waals surface area contributed by atoms with Gasteiger partial charge in [0, 0.05) is 6.42 Å². The maximum atomic E-state index is 13.0. The topological polar surface area (TPSA) is 114 Å². The van der Waals surface area contributed by atoms with Gasteiger partial charge in [-0.2, -0.15) is 4.98 Å². The van der Waals surface area contributed by atoms with Crippen LogP contribution in [0.4, 0.5) is 16.0 Å². The summed E-state index contributed by atoms with van der Waals surface area (Å²) in [5.41, 5.74) is -0.881. The van der Waals surface area contributed by atoms with Crippen molar-refractivity contribution in [1.29, 1.82) is 0 Å². The number of amides is 1. The SMILES string of the molecule is CCc1nc(NC(=O)c2ccc(F)cc2[N+](=O)[O-])n[nH]1. The van der Waals surface area contributed by atoms with Crippen LogP contribution in [0, 0.1) is 15.9 Å². The number of nitro groups is 1. The fourth-order valence-corrected chi connectivity index (χ4v) is 1.53. The first kappa shape index (κ1) is 13.6. The Kier molecular flexibility index (Phi) is 3.69. The number of H-pyrrole nitrogens is 1. The lowest BCUT2D eigenvalue weighted by Crippen LogP contribution is -2.15. The molecule has 0 aliphatic heterocycles. The van der Waals surface area contributed by atoms with E-state index >= 15 is 0 Å². The number of hydrogen-bond acceptors (Lipinski definition) is 5. The van der Waals surface area contributed by atoms with E-state index in [0.717, 1.165) is 12.1 Å². The van der Waals surface area contributed by atoms with Crippen LogP contribution in [-0.2, 0) is 6.42 Å². The monoisotopic (exact) mass is 279 g/mol. The average molecular weight is 279 g/mol. The molecule has 1 heterocycles. The summed E-state index contributed by atoms with van der Waals surface area (Å²) in [7, 11) is 0. The normalized spacial score (nSPS) is 10.3. The van der Waals surface area contributed by atoms with Gasteiger partial charge in [0.15, 0.2) is 0 Å². The molecule has 9 heteroatoms. The lowest BCUT2D eigenvalue weighted by molar-refractivity contribution is -0.385. The molecule has 0 saturated heterocycles. The van der Waals surface area contributed by atoms with Crippen LogP contribution in [0.5, 0.6) is 0 Å². The second kappa shape index (κ2) is 5.43. The Balaban J connectivity index is 2.27. The summed E-state index contributed by atoms with van der Waals surface area (Å²) in [6.45, 7) is 1.84. The Morgan fingerprint density at radius 1 is 1.55 bits per heavy atom. The minimum atomic E-state index is -0.826. The second-order valence-corrected chi connectivity index (χ2v) is 3.83. The van der Waals surface area contributed by atoms with Crippen molar-refractivity contribution >= 4 is 17.5 Å². The Hall–Kier alpha value is -2.84. The number of halogens is 1. The number of nitrogens with one attached hydrogen (secondary N) is 2. The zero-order valence-corrected chi connectivity index (χ0v) is 10.4. The number of rotatable bonds is 4. The van der Waals surface area contributed by atoms with Gasteiger partial charge in [0.05, 0.1) is 11.0 Å². The standard InChI is InChI=1S/C11H10FN5O3/c1-2-9-13-11(16-15-9)14-10(18)7-4-3-6(12)5-8(7)17(19)20/h3-5H,2H2,1H3,(H2,13,14,15,16,18). The van der Waals surface area contributed by atoms with Crippen LogP contribution in [0.2, 0.25) is 0 Å². The largest absolute Gasteiger partial charge is 0.289 e. The number of aryl methyl sites for hydroxylation is 1. The number of hydrogen-bond donors (Lipinski definition) is 2. The summed E-state index contributed by atoms with van der Waals surface area (Å²) >= 11 is 0. The fraction of sp³-hybridized carbons (Fsp3) is 0.182. The third-order valence-corrected chi connectivity index (χ3v) is 2.49. The predicted molar refractivity (Wildman–Crippen MR) is 66.8 cm³/mol. The van der Waals surface area contributed by atoms with E-state index in [1.54, 1.807) is 0 Å². The van der Waals surface area contributed by atoms with E-state index in [1.165, 1.54) is 0 Å². The molecule has 1 aromatic heterocycles. The molecule has 104 valence electrons. The molecule has 2 rings (SSSR count). The number of carbonyl (C=O) groups excluding carboxylic acids is 1. The molecule has 2 N–H and O–H groups in total. The highest BCUT2D eigenvalue weighted by molar-refractivity contribution is 6.06. The van der Waals surface area contributed by atoms with Gasteiger partial charge in [0.1, 0.15) is 17.2 Å². The molecule has 0 spiro atoms. The van der Waals surface area contributed by atoms with E-state index in [0.29, 0.717) is 18.3 Å². The first-order valence-corrected chi connectivity index (χ1v) is 5.67. The summed E-state index contributed by atoms with van der Waals surface area (Å²) in [4.78, 5) is 25.8. The summed E-state index contributed by atoms with van der Waals surface area (Å²) in [6.07, 6.45) is 0.597. The lowest BCUT2D eigenvalue weighted by Gasteiger charge is -2.02. The zero-order valence-electron chi connectivity index (χ0n) is 10.4. The first-order valence-electron chi connectivity index (χ1n) is 5.67. The van der Waals surface area contributed by atoms with Gasteiger partial charge < -0.3 is 0 Å². The van der Waals surface area contributed by atoms with Crippen LogP contribution >= 0.6 is 0 Å². The van der Waals surface area contributed by atoms with Gasteiger partial charge in [-0.15, -0.1) is 5.10 Å². The molecule has 0 fully saturated rings. The Morgan fingerprint density at radius 3 is 2.90 bits per heavy atom. The molecular formula is C11H10FN5O3. The zero-order chi connectivity index (χ0) is 14.7. The molecule has 0 atom stereocenters. The summed E-state index contributed by atoms with van der Waals surface area (Å²) in [6, 6.07) is 2.69. The van der Waals surface area contributed by atoms with Gasteiger partial charge >= 0.3 is 0 Å². The minimum Gasteiger partial charge on any atom is -0.289 e. The van der Waals surface area contributed by atoms with E-state index in [2.05, 4.69) is 20.5 Å².